The van der Waals surface area contributed by atoms with Crippen molar-refractivity contribution in [3.8, 4) is 0 Å². The van der Waals surface area contributed by atoms with Crippen LogP contribution in [0.4, 0.5) is 0 Å². The van der Waals surface area contributed by atoms with Gasteiger partial charge in [0.25, 0.3) is 0 Å². The van der Waals surface area contributed by atoms with Crippen LogP contribution in [0, 0.1) is 17.3 Å². The van der Waals surface area contributed by atoms with Gasteiger partial charge in [-0.2, -0.15) is 0 Å². The number of piperidine rings is 1. The summed E-state index contributed by atoms with van der Waals surface area (Å²) in [7, 11) is 0. The molecule has 26 heavy (non-hydrogen) atoms. The Labute approximate surface area is 164 Å². The first-order valence-electron chi connectivity index (χ1n) is 10.1. The van der Waals surface area contributed by atoms with Crippen LogP contribution in [0.25, 0.3) is 0 Å². The normalized spacial score (nSPS) is 32.1. The van der Waals surface area contributed by atoms with Crippen molar-refractivity contribution < 1.29 is 9.59 Å². The topological polar surface area (TPSA) is 52.7 Å². The quantitative estimate of drug-likeness (QED) is 0.812. The van der Waals surface area contributed by atoms with Crippen molar-refractivity contribution in [2.24, 2.45) is 17.3 Å². The summed E-state index contributed by atoms with van der Waals surface area (Å²) < 4.78 is 0. The Morgan fingerprint density at radius 1 is 1.27 bits per heavy atom. The van der Waals surface area contributed by atoms with Gasteiger partial charge in [0.15, 0.2) is 0 Å². The molecule has 1 aliphatic carbocycles. The van der Waals surface area contributed by atoms with E-state index in [1.54, 1.807) is 0 Å². The molecule has 0 spiro atoms. The van der Waals surface area contributed by atoms with Crippen molar-refractivity contribution in [3.05, 3.63) is 0 Å². The van der Waals surface area contributed by atoms with E-state index in [1.807, 2.05) is 9.80 Å². The van der Waals surface area contributed by atoms with Crippen LogP contribution < -0.4 is 5.32 Å². The number of amides is 2. The van der Waals surface area contributed by atoms with E-state index in [2.05, 4.69) is 26.1 Å². The highest BCUT2D eigenvalue weighted by Crippen LogP contribution is 2.43. The molecule has 2 aliphatic heterocycles. The minimum absolute atomic E-state index is 0. The Hall–Kier alpha value is -0.810. The van der Waals surface area contributed by atoms with Crippen molar-refractivity contribution in [1.29, 1.82) is 0 Å². The predicted molar refractivity (Wildman–Crippen MR) is 106 cm³/mol. The summed E-state index contributed by atoms with van der Waals surface area (Å²) in [5, 5.41) is 3.13. The summed E-state index contributed by atoms with van der Waals surface area (Å²) in [5.41, 5.74) is 0.361. The summed E-state index contributed by atoms with van der Waals surface area (Å²) in [6, 6.07) is 0.217. The summed E-state index contributed by atoms with van der Waals surface area (Å²) in [4.78, 5) is 29.1. The van der Waals surface area contributed by atoms with E-state index in [4.69, 9.17) is 0 Å². The highest BCUT2D eigenvalue weighted by molar-refractivity contribution is 5.85. The van der Waals surface area contributed by atoms with Gasteiger partial charge in [0.1, 0.15) is 0 Å². The van der Waals surface area contributed by atoms with E-state index in [1.165, 1.54) is 12.8 Å². The SMILES string of the molecule is CC1CC(CC(=O)N2CCCC(N3CCNCC3=O)C2)CC(C)(C)C1.Cl. The number of piperazine rings is 1. The van der Waals surface area contributed by atoms with Gasteiger partial charge in [-0.05, 0) is 49.4 Å². The fraction of sp³-hybridized carbons (Fsp3) is 0.900. The summed E-state index contributed by atoms with van der Waals surface area (Å²) in [6.07, 6.45) is 6.35. The second-order valence-electron chi connectivity index (χ2n) is 9.38. The van der Waals surface area contributed by atoms with E-state index in [0.717, 1.165) is 45.4 Å². The third-order valence-corrected chi connectivity index (χ3v) is 6.26. The lowest BCUT2D eigenvalue weighted by molar-refractivity contribution is -0.141. The van der Waals surface area contributed by atoms with Crippen LogP contribution in [0.3, 0.4) is 0 Å². The van der Waals surface area contributed by atoms with Crippen LogP contribution in [0.2, 0.25) is 0 Å². The van der Waals surface area contributed by atoms with E-state index in [0.29, 0.717) is 36.1 Å². The molecule has 0 aromatic heterocycles. The molecule has 0 aromatic rings. The minimum Gasteiger partial charge on any atom is -0.341 e. The summed E-state index contributed by atoms with van der Waals surface area (Å²) >= 11 is 0. The molecule has 3 rings (SSSR count). The van der Waals surface area contributed by atoms with E-state index < -0.39 is 0 Å². The molecule has 6 heteroatoms. The van der Waals surface area contributed by atoms with Gasteiger partial charge < -0.3 is 15.1 Å². The molecular formula is C20H36ClN3O2. The van der Waals surface area contributed by atoms with Crippen LogP contribution in [0.15, 0.2) is 0 Å². The highest BCUT2D eigenvalue weighted by Gasteiger charge is 2.35. The number of nitrogens with zero attached hydrogens (tertiary/aromatic N) is 2. The Morgan fingerprint density at radius 3 is 2.73 bits per heavy atom. The first kappa shape index (κ1) is 21.5. The number of hydrogen-bond donors (Lipinski definition) is 1. The number of rotatable bonds is 3. The molecule has 3 fully saturated rings. The minimum atomic E-state index is 0. The van der Waals surface area contributed by atoms with Crippen molar-refractivity contribution >= 4 is 24.2 Å². The zero-order valence-corrected chi connectivity index (χ0v) is 17.4. The number of nitrogens with one attached hydrogen (secondary N) is 1. The Kier molecular flexibility index (Phi) is 7.37. The first-order chi connectivity index (χ1) is 11.8. The van der Waals surface area contributed by atoms with Crippen LogP contribution in [0.5, 0.6) is 0 Å². The lowest BCUT2D eigenvalue weighted by atomic mass is 9.67. The number of hydrogen-bond acceptors (Lipinski definition) is 3. The van der Waals surface area contributed by atoms with Gasteiger partial charge in [0.2, 0.25) is 11.8 Å². The van der Waals surface area contributed by atoms with Gasteiger partial charge in [-0.3, -0.25) is 9.59 Å². The predicted octanol–water partition coefficient (Wildman–Crippen LogP) is 2.68. The maximum Gasteiger partial charge on any atom is 0.236 e. The second-order valence-corrected chi connectivity index (χ2v) is 9.38. The van der Waals surface area contributed by atoms with Crippen LogP contribution in [-0.2, 0) is 9.59 Å². The summed E-state index contributed by atoms with van der Waals surface area (Å²) in [6.45, 7) is 10.7. The van der Waals surface area contributed by atoms with Crippen molar-refractivity contribution in [1.82, 2.24) is 15.1 Å². The lowest BCUT2D eigenvalue weighted by Crippen LogP contribution is -2.57. The summed E-state index contributed by atoms with van der Waals surface area (Å²) in [5.74, 6) is 1.73. The molecule has 150 valence electrons. The highest BCUT2D eigenvalue weighted by atomic mass is 35.5. The first-order valence-corrected chi connectivity index (χ1v) is 10.1. The van der Waals surface area contributed by atoms with Crippen LogP contribution in [0.1, 0.15) is 59.3 Å². The molecule has 2 heterocycles. The third kappa shape index (κ3) is 5.35. The molecule has 0 aromatic carbocycles. The molecule has 3 aliphatic rings. The molecule has 5 nitrogen and oxygen atoms in total. The maximum atomic E-state index is 12.9. The molecule has 1 saturated carbocycles. The van der Waals surface area contributed by atoms with Gasteiger partial charge in [-0.25, -0.2) is 0 Å². The zero-order valence-electron chi connectivity index (χ0n) is 16.6. The average Bonchev–Trinajstić information content (AvgIpc) is 2.53. The molecular weight excluding hydrogens is 350 g/mol. The van der Waals surface area contributed by atoms with Gasteiger partial charge in [0, 0.05) is 38.6 Å². The molecule has 1 N–H and O–H groups in total. The fourth-order valence-electron chi connectivity index (χ4n) is 5.52. The molecule has 0 bridgehead atoms. The van der Waals surface area contributed by atoms with Crippen LogP contribution >= 0.6 is 12.4 Å². The second kappa shape index (κ2) is 8.92. The van der Waals surface area contributed by atoms with E-state index in [9.17, 15) is 9.59 Å². The molecule has 2 amide bonds. The van der Waals surface area contributed by atoms with Crippen LogP contribution in [-0.4, -0.2) is 60.4 Å². The third-order valence-electron chi connectivity index (χ3n) is 6.26. The standard InChI is InChI=1S/C20H35N3O2.ClH/c1-15-9-16(12-20(2,3)11-15)10-18(24)22-7-4-5-17(14-22)23-8-6-21-13-19(23)25;/h15-17,21H,4-14H2,1-3H3;1H. The van der Waals surface area contributed by atoms with E-state index >= 15 is 0 Å². The number of carbonyl (C=O) groups is 2. The van der Waals surface area contributed by atoms with E-state index in [-0.39, 0.29) is 24.4 Å². The largest absolute Gasteiger partial charge is 0.341 e. The molecule has 0 radical (unpaired) electrons. The number of halogens is 1. The van der Waals surface area contributed by atoms with Crippen molar-refractivity contribution in [3.63, 3.8) is 0 Å². The Bertz CT molecular complexity index is 511. The van der Waals surface area contributed by atoms with Gasteiger partial charge in [-0.15, -0.1) is 12.4 Å². The Morgan fingerprint density at radius 2 is 2.04 bits per heavy atom. The zero-order chi connectivity index (χ0) is 18.0. The maximum absolute atomic E-state index is 12.9. The van der Waals surface area contributed by atoms with Crippen molar-refractivity contribution in [2.45, 2.75) is 65.3 Å². The van der Waals surface area contributed by atoms with Crippen molar-refractivity contribution in [2.75, 3.05) is 32.7 Å². The number of likely N-dealkylation sites (tertiary alicyclic amines) is 1. The monoisotopic (exact) mass is 385 g/mol. The lowest BCUT2D eigenvalue weighted by Gasteiger charge is -2.42. The smallest absolute Gasteiger partial charge is 0.236 e. The molecule has 2 saturated heterocycles. The van der Waals surface area contributed by atoms with Gasteiger partial charge in [0.05, 0.1) is 6.54 Å². The van der Waals surface area contributed by atoms with Gasteiger partial charge in [-0.1, -0.05) is 20.8 Å². The molecule has 3 unspecified atom stereocenters. The molecule has 3 atom stereocenters. The average molecular weight is 386 g/mol. The Balaban J connectivity index is 0.00000243. The number of carbonyl (C=O) groups excluding carboxylic acids is 2. The van der Waals surface area contributed by atoms with Gasteiger partial charge >= 0.3 is 0 Å². The fourth-order valence-corrected chi connectivity index (χ4v) is 5.52.